The van der Waals surface area contributed by atoms with E-state index >= 15 is 0 Å². The number of fused-ring (bicyclic) bond motifs is 3. The molecule has 8 heteroatoms. The van der Waals surface area contributed by atoms with Crippen molar-refractivity contribution in [3.05, 3.63) is 34.2 Å². The predicted molar refractivity (Wildman–Crippen MR) is 105 cm³/mol. The molecule has 1 aliphatic heterocycles. The lowest BCUT2D eigenvalue weighted by Crippen LogP contribution is -2.59. The lowest BCUT2D eigenvalue weighted by atomic mass is 9.96. The van der Waals surface area contributed by atoms with E-state index in [0.717, 1.165) is 42.4 Å². The summed E-state index contributed by atoms with van der Waals surface area (Å²) >= 11 is 1.83. The van der Waals surface area contributed by atoms with E-state index < -0.39 is 0 Å². The number of carbonyl (C=O) groups excluding carboxylic acids is 1. The van der Waals surface area contributed by atoms with Gasteiger partial charge in [0, 0.05) is 31.2 Å². The van der Waals surface area contributed by atoms with Gasteiger partial charge in [-0.05, 0) is 44.2 Å². The van der Waals surface area contributed by atoms with Gasteiger partial charge in [-0.3, -0.25) is 9.48 Å². The van der Waals surface area contributed by atoms with E-state index in [9.17, 15) is 4.79 Å². The molecule has 3 aromatic heterocycles. The SMILES string of the molecule is Cc1nc(N2CC(NC(=O)c3ccn(C)n3)C2)c2c3c(sc2n1)CCCC3. The summed E-state index contributed by atoms with van der Waals surface area (Å²) in [7, 11) is 1.81. The normalized spacial score (nSPS) is 17.0. The largest absolute Gasteiger partial charge is 0.352 e. The number of aryl methyl sites for hydroxylation is 4. The van der Waals surface area contributed by atoms with Gasteiger partial charge in [-0.15, -0.1) is 11.3 Å². The van der Waals surface area contributed by atoms with Crippen LogP contribution in [0.1, 0.15) is 39.6 Å². The van der Waals surface area contributed by atoms with Crippen LogP contribution in [0.15, 0.2) is 12.3 Å². The van der Waals surface area contributed by atoms with E-state index in [4.69, 9.17) is 9.97 Å². The Morgan fingerprint density at radius 1 is 1.26 bits per heavy atom. The number of aromatic nitrogens is 4. The summed E-state index contributed by atoms with van der Waals surface area (Å²) in [6.45, 7) is 3.51. The topological polar surface area (TPSA) is 75.9 Å². The number of rotatable bonds is 3. The number of hydrogen-bond donors (Lipinski definition) is 1. The summed E-state index contributed by atoms with van der Waals surface area (Å²) in [5.74, 6) is 1.74. The first kappa shape index (κ1) is 16.7. The lowest BCUT2D eigenvalue weighted by Gasteiger charge is -2.40. The highest BCUT2D eigenvalue weighted by atomic mass is 32.1. The van der Waals surface area contributed by atoms with Crippen LogP contribution in [0, 0.1) is 6.92 Å². The second-order valence-electron chi connectivity index (χ2n) is 7.44. The molecule has 4 heterocycles. The van der Waals surface area contributed by atoms with E-state index in [1.165, 1.54) is 28.7 Å². The average molecular weight is 382 g/mol. The number of nitrogens with zero attached hydrogens (tertiary/aromatic N) is 5. The van der Waals surface area contributed by atoms with Crippen molar-refractivity contribution in [3.8, 4) is 0 Å². The summed E-state index contributed by atoms with van der Waals surface area (Å²) in [5.41, 5.74) is 1.92. The molecule has 0 aromatic carbocycles. The van der Waals surface area contributed by atoms with E-state index in [1.807, 2.05) is 25.3 Å². The quantitative estimate of drug-likeness (QED) is 0.752. The molecule has 1 saturated heterocycles. The Morgan fingerprint density at radius 2 is 2.07 bits per heavy atom. The minimum Gasteiger partial charge on any atom is -0.352 e. The van der Waals surface area contributed by atoms with Crippen LogP contribution in [-0.4, -0.2) is 44.8 Å². The van der Waals surface area contributed by atoms with Gasteiger partial charge in [0.1, 0.15) is 22.2 Å². The number of anilines is 1. The van der Waals surface area contributed by atoms with Crippen molar-refractivity contribution in [2.24, 2.45) is 7.05 Å². The van der Waals surface area contributed by atoms with Crippen molar-refractivity contribution < 1.29 is 4.79 Å². The van der Waals surface area contributed by atoms with Crippen molar-refractivity contribution in [2.45, 2.75) is 38.6 Å². The van der Waals surface area contributed by atoms with Gasteiger partial charge >= 0.3 is 0 Å². The molecule has 140 valence electrons. The molecule has 1 amide bonds. The smallest absolute Gasteiger partial charge is 0.272 e. The standard InChI is InChI=1S/C19H22N6OS/c1-11-20-17(16-13-5-3-4-6-15(13)27-19(16)21-11)25-9-12(10-25)22-18(26)14-7-8-24(2)23-14/h7-8,12H,3-6,9-10H2,1-2H3,(H,22,26). The molecule has 0 saturated carbocycles. The number of hydrogen-bond acceptors (Lipinski definition) is 6. The van der Waals surface area contributed by atoms with E-state index in [1.54, 1.807) is 16.9 Å². The average Bonchev–Trinajstić information content (AvgIpc) is 3.20. The molecule has 2 aliphatic rings. The molecular weight excluding hydrogens is 360 g/mol. The molecule has 0 bridgehead atoms. The molecule has 0 atom stereocenters. The van der Waals surface area contributed by atoms with Crippen molar-refractivity contribution in [1.82, 2.24) is 25.1 Å². The van der Waals surface area contributed by atoms with Crippen molar-refractivity contribution in [1.29, 1.82) is 0 Å². The molecule has 0 unspecified atom stereocenters. The van der Waals surface area contributed by atoms with Gasteiger partial charge < -0.3 is 10.2 Å². The first-order valence-corrected chi connectivity index (χ1v) is 10.2. The Kier molecular flexibility index (Phi) is 3.89. The van der Waals surface area contributed by atoms with Gasteiger partial charge in [0.15, 0.2) is 0 Å². The molecule has 1 N–H and O–H groups in total. The Labute approximate surface area is 161 Å². The van der Waals surface area contributed by atoms with Crippen molar-refractivity contribution >= 4 is 33.3 Å². The highest BCUT2D eigenvalue weighted by Crippen LogP contribution is 2.40. The first-order valence-electron chi connectivity index (χ1n) is 9.43. The molecule has 0 radical (unpaired) electrons. The third-order valence-corrected chi connectivity index (χ3v) is 6.56. The Hall–Kier alpha value is -2.48. The summed E-state index contributed by atoms with van der Waals surface area (Å²) in [6.07, 6.45) is 6.59. The molecule has 3 aromatic rings. The first-order chi connectivity index (χ1) is 13.1. The zero-order chi connectivity index (χ0) is 18.5. The summed E-state index contributed by atoms with van der Waals surface area (Å²) in [4.78, 5) is 26.6. The predicted octanol–water partition coefficient (Wildman–Crippen LogP) is 2.23. The molecule has 7 nitrogen and oxygen atoms in total. The molecule has 0 spiro atoms. The number of nitrogens with one attached hydrogen (secondary N) is 1. The third-order valence-electron chi connectivity index (χ3n) is 5.37. The molecule has 5 rings (SSSR count). The summed E-state index contributed by atoms with van der Waals surface area (Å²) < 4.78 is 1.64. The van der Waals surface area contributed by atoms with Crippen LogP contribution >= 0.6 is 11.3 Å². The van der Waals surface area contributed by atoms with Gasteiger partial charge in [-0.1, -0.05) is 0 Å². The lowest BCUT2D eigenvalue weighted by molar-refractivity contribution is 0.0924. The zero-order valence-electron chi connectivity index (χ0n) is 15.5. The second-order valence-corrected chi connectivity index (χ2v) is 8.52. The van der Waals surface area contributed by atoms with Gasteiger partial charge in [0.25, 0.3) is 5.91 Å². The van der Waals surface area contributed by atoms with Crippen LogP contribution in [-0.2, 0) is 19.9 Å². The van der Waals surface area contributed by atoms with Gasteiger partial charge in [-0.25, -0.2) is 9.97 Å². The maximum absolute atomic E-state index is 12.3. The molecule has 1 fully saturated rings. The molecule has 1 aliphatic carbocycles. The Bertz CT molecular complexity index is 1030. The van der Waals surface area contributed by atoms with Gasteiger partial charge in [0.2, 0.25) is 0 Å². The van der Waals surface area contributed by atoms with Gasteiger partial charge in [0.05, 0.1) is 11.4 Å². The summed E-state index contributed by atoms with van der Waals surface area (Å²) in [5, 5.41) is 8.48. The van der Waals surface area contributed by atoms with Crippen LogP contribution in [0.3, 0.4) is 0 Å². The number of thiophene rings is 1. The second kappa shape index (κ2) is 6.30. The fourth-order valence-corrected chi connectivity index (χ4v) is 5.31. The number of amides is 1. The van der Waals surface area contributed by atoms with Crippen LogP contribution in [0.4, 0.5) is 5.82 Å². The van der Waals surface area contributed by atoms with E-state index in [-0.39, 0.29) is 11.9 Å². The minimum atomic E-state index is -0.114. The van der Waals surface area contributed by atoms with Crippen LogP contribution in [0.2, 0.25) is 0 Å². The Balaban J connectivity index is 1.36. The maximum Gasteiger partial charge on any atom is 0.272 e. The molecule has 27 heavy (non-hydrogen) atoms. The van der Waals surface area contributed by atoms with Gasteiger partial charge in [-0.2, -0.15) is 5.10 Å². The van der Waals surface area contributed by atoms with E-state index in [2.05, 4.69) is 15.3 Å². The number of carbonyl (C=O) groups is 1. The Morgan fingerprint density at radius 3 is 2.85 bits per heavy atom. The fourth-order valence-electron chi connectivity index (χ4n) is 4.01. The van der Waals surface area contributed by atoms with Crippen molar-refractivity contribution in [2.75, 3.05) is 18.0 Å². The highest BCUT2D eigenvalue weighted by Gasteiger charge is 2.33. The zero-order valence-corrected chi connectivity index (χ0v) is 16.3. The molecular formula is C19H22N6OS. The fraction of sp³-hybridized carbons (Fsp3) is 0.474. The highest BCUT2D eigenvalue weighted by molar-refractivity contribution is 7.19. The monoisotopic (exact) mass is 382 g/mol. The van der Waals surface area contributed by atoms with Crippen molar-refractivity contribution in [3.63, 3.8) is 0 Å². The third kappa shape index (κ3) is 2.88. The minimum absolute atomic E-state index is 0.114. The van der Waals surface area contributed by atoms with Crippen LogP contribution < -0.4 is 10.2 Å². The van der Waals surface area contributed by atoms with Crippen LogP contribution in [0.5, 0.6) is 0 Å². The maximum atomic E-state index is 12.3. The van der Waals surface area contributed by atoms with Crippen LogP contribution in [0.25, 0.3) is 10.2 Å². The summed E-state index contributed by atoms with van der Waals surface area (Å²) in [6, 6.07) is 1.86. The van der Waals surface area contributed by atoms with E-state index in [0.29, 0.717) is 5.69 Å².